The van der Waals surface area contributed by atoms with Crippen LogP contribution in [-0.4, -0.2) is 59.2 Å². The molecule has 0 saturated heterocycles. The zero-order valence-corrected chi connectivity index (χ0v) is 14.2. The molecule has 0 aliphatic carbocycles. The van der Waals surface area contributed by atoms with Crippen LogP contribution in [-0.2, 0) is 19.2 Å². The third kappa shape index (κ3) is 7.84. The Kier molecular flexibility index (Phi) is 9.27. The van der Waals surface area contributed by atoms with Gasteiger partial charge < -0.3 is 26.8 Å². The first kappa shape index (κ1) is 21.2. The summed E-state index contributed by atoms with van der Waals surface area (Å²) in [6.45, 7) is 4.50. The molecule has 132 valence electrons. The van der Waals surface area contributed by atoms with Crippen LogP contribution in [0, 0.1) is 5.92 Å². The lowest BCUT2D eigenvalue weighted by atomic mass is 10.1. The molecule has 6 N–H and O–H groups in total. The van der Waals surface area contributed by atoms with E-state index in [-0.39, 0.29) is 18.2 Å². The van der Waals surface area contributed by atoms with Crippen molar-refractivity contribution in [3.05, 3.63) is 0 Å². The fourth-order valence-corrected chi connectivity index (χ4v) is 1.66. The Morgan fingerprint density at radius 1 is 1.09 bits per heavy atom. The molecule has 23 heavy (non-hydrogen) atoms. The van der Waals surface area contributed by atoms with Gasteiger partial charge in [-0.25, -0.2) is 0 Å². The highest BCUT2D eigenvalue weighted by molar-refractivity contribution is 7.80. The molecule has 0 heterocycles. The minimum atomic E-state index is -1.20. The van der Waals surface area contributed by atoms with Gasteiger partial charge in [0.2, 0.25) is 17.7 Å². The van der Waals surface area contributed by atoms with Gasteiger partial charge in [0, 0.05) is 5.75 Å². The van der Waals surface area contributed by atoms with Crippen molar-refractivity contribution in [2.75, 3.05) is 12.3 Å². The summed E-state index contributed by atoms with van der Waals surface area (Å²) in [6, 6.07) is -2.84. The molecule has 10 heteroatoms. The second kappa shape index (κ2) is 10.1. The maximum atomic E-state index is 11.8. The van der Waals surface area contributed by atoms with Gasteiger partial charge in [-0.05, 0) is 12.8 Å². The number of amides is 3. The number of nitrogens with one attached hydrogen (secondary N) is 3. The van der Waals surface area contributed by atoms with Crippen molar-refractivity contribution in [1.82, 2.24) is 16.0 Å². The Morgan fingerprint density at radius 3 is 2.09 bits per heavy atom. The summed E-state index contributed by atoms with van der Waals surface area (Å²) < 4.78 is 0. The fraction of sp³-hybridized carbons (Fsp3) is 0.692. The molecular formula is C13H24N4O5S. The zero-order valence-electron chi connectivity index (χ0n) is 13.3. The normalized spacial score (nSPS) is 14.5. The van der Waals surface area contributed by atoms with Crippen molar-refractivity contribution in [1.29, 1.82) is 0 Å². The third-order valence-electron chi connectivity index (χ3n) is 3.01. The summed E-state index contributed by atoms with van der Waals surface area (Å²) in [5, 5.41) is 15.7. The molecule has 0 aliphatic rings. The summed E-state index contributed by atoms with van der Waals surface area (Å²) in [6.07, 6.45) is 0. The van der Waals surface area contributed by atoms with Gasteiger partial charge in [-0.1, -0.05) is 13.8 Å². The van der Waals surface area contributed by atoms with Crippen molar-refractivity contribution < 1.29 is 24.3 Å². The van der Waals surface area contributed by atoms with E-state index in [2.05, 4.69) is 28.6 Å². The van der Waals surface area contributed by atoms with E-state index in [9.17, 15) is 19.2 Å². The molecule has 0 aromatic rings. The van der Waals surface area contributed by atoms with Crippen LogP contribution in [0.25, 0.3) is 0 Å². The SMILES string of the molecule is CC(NC(=O)C(CS)NC(=O)CNC(=O)C(N)C(C)C)C(=O)O. The number of carbonyl (C=O) groups is 4. The quantitative estimate of drug-likeness (QED) is 0.268. The van der Waals surface area contributed by atoms with Crippen LogP contribution in [0.2, 0.25) is 0 Å². The monoisotopic (exact) mass is 348 g/mol. The molecule has 0 fully saturated rings. The number of hydrogen-bond acceptors (Lipinski definition) is 6. The number of thiol groups is 1. The number of hydrogen-bond donors (Lipinski definition) is 6. The van der Waals surface area contributed by atoms with Gasteiger partial charge in [0.1, 0.15) is 12.1 Å². The van der Waals surface area contributed by atoms with E-state index in [1.54, 1.807) is 13.8 Å². The maximum Gasteiger partial charge on any atom is 0.325 e. The highest BCUT2D eigenvalue weighted by Crippen LogP contribution is 1.97. The van der Waals surface area contributed by atoms with Gasteiger partial charge in [0.15, 0.2) is 0 Å². The van der Waals surface area contributed by atoms with Crippen LogP contribution in [0.3, 0.4) is 0 Å². The maximum absolute atomic E-state index is 11.8. The second-order valence-corrected chi connectivity index (χ2v) is 5.72. The van der Waals surface area contributed by atoms with Crippen LogP contribution >= 0.6 is 12.6 Å². The van der Waals surface area contributed by atoms with Crippen molar-refractivity contribution in [2.45, 2.75) is 38.9 Å². The Labute approximate surface area is 140 Å². The first-order chi connectivity index (χ1) is 10.6. The first-order valence-corrected chi connectivity index (χ1v) is 7.70. The molecule has 3 unspecified atom stereocenters. The zero-order chi connectivity index (χ0) is 18.2. The lowest BCUT2D eigenvalue weighted by molar-refractivity contribution is -0.141. The summed E-state index contributed by atoms with van der Waals surface area (Å²) in [7, 11) is 0. The summed E-state index contributed by atoms with van der Waals surface area (Å²) >= 11 is 3.94. The minimum absolute atomic E-state index is 0.0244. The van der Waals surface area contributed by atoms with E-state index < -0.39 is 41.8 Å². The highest BCUT2D eigenvalue weighted by Gasteiger charge is 2.23. The van der Waals surface area contributed by atoms with Crippen molar-refractivity contribution in [3.63, 3.8) is 0 Å². The van der Waals surface area contributed by atoms with Gasteiger partial charge in [0.25, 0.3) is 0 Å². The predicted molar refractivity (Wildman–Crippen MR) is 86.8 cm³/mol. The largest absolute Gasteiger partial charge is 0.480 e. The summed E-state index contributed by atoms with van der Waals surface area (Å²) in [5.41, 5.74) is 5.63. The van der Waals surface area contributed by atoms with Crippen LogP contribution in [0.4, 0.5) is 0 Å². The number of rotatable bonds is 9. The fourth-order valence-electron chi connectivity index (χ4n) is 1.40. The molecule has 0 aliphatic heterocycles. The van der Waals surface area contributed by atoms with Crippen molar-refractivity contribution in [3.8, 4) is 0 Å². The average molecular weight is 348 g/mol. The summed E-state index contributed by atoms with van der Waals surface area (Å²) in [4.78, 5) is 45.9. The predicted octanol–water partition coefficient (Wildman–Crippen LogP) is -1.91. The number of aliphatic carboxylic acids is 1. The molecule has 0 spiro atoms. The standard InChI is InChI=1S/C13H24N4O5S/c1-6(2)10(14)12(20)15-4-9(18)17-8(5-23)11(19)16-7(3)13(21)22/h6-8,10,23H,4-5,14H2,1-3H3,(H,15,20)(H,16,19)(H,17,18)(H,21,22). The minimum Gasteiger partial charge on any atom is -0.480 e. The Morgan fingerprint density at radius 2 is 1.65 bits per heavy atom. The number of nitrogens with two attached hydrogens (primary N) is 1. The van der Waals surface area contributed by atoms with E-state index in [0.717, 1.165) is 0 Å². The molecule has 3 amide bonds. The van der Waals surface area contributed by atoms with Crippen LogP contribution < -0.4 is 21.7 Å². The van der Waals surface area contributed by atoms with E-state index in [4.69, 9.17) is 10.8 Å². The highest BCUT2D eigenvalue weighted by atomic mass is 32.1. The molecular weight excluding hydrogens is 324 g/mol. The molecule has 0 rings (SSSR count). The van der Waals surface area contributed by atoms with Crippen molar-refractivity contribution >= 4 is 36.3 Å². The third-order valence-corrected chi connectivity index (χ3v) is 3.37. The lowest BCUT2D eigenvalue weighted by Crippen LogP contribution is -2.54. The lowest BCUT2D eigenvalue weighted by Gasteiger charge is -2.19. The van der Waals surface area contributed by atoms with Crippen molar-refractivity contribution in [2.24, 2.45) is 11.7 Å². The molecule has 0 bridgehead atoms. The topological polar surface area (TPSA) is 151 Å². The number of carbonyl (C=O) groups excluding carboxylic acids is 3. The van der Waals surface area contributed by atoms with E-state index in [0.29, 0.717) is 0 Å². The van der Waals surface area contributed by atoms with Gasteiger partial charge in [-0.2, -0.15) is 12.6 Å². The number of carboxylic acids is 1. The van der Waals surface area contributed by atoms with E-state index in [1.165, 1.54) is 6.92 Å². The molecule has 9 nitrogen and oxygen atoms in total. The van der Waals surface area contributed by atoms with Gasteiger partial charge in [-0.15, -0.1) is 0 Å². The molecule has 3 atom stereocenters. The van der Waals surface area contributed by atoms with Gasteiger partial charge in [-0.3, -0.25) is 19.2 Å². The summed E-state index contributed by atoms with van der Waals surface area (Å²) in [5.74, 6) is -3.05. The Hall–Kier alpha value is -1.81. The smallest absolute Gasteiger partial charge is 0.325 e. The molecule has 0 aromatic heterocycles. The molecule has 0 aromatic carbocycles. The number of carboxylic acid groups (broad SMARTS) is 1. The molecule has 0 saturated carbocycles. The molecule has 0 radical (unpaired) electrons. The van der Waals surface area contributed by atoms with Gasteiger partial charge in [0.05, 0.1) is 12.6 Å². The Balaban J connectivity index is 4.42. The second-order valence-electron chi connectivity index (χ2n) is 5.36. The van der Waals surface area contributed by atoms with Gasteiger partial charge >= 0.3 is 5.97 Å². The van der Waals surface area contributed by atoms with E-state index >= 15 is 0 Å². The Bertz CT molecular complexity index is 458. The van der Waals surface area contributed by atoms with Crippen LogP contribution in [0.15, 0.2) is 0 Å². The average Bonchev–Trinajstić information content (AvgIpc) is 2.48. The van der Waals surface area contributed by atoms with Crippen LogP contribution in [0.1, 0.15) is 20.8 Å². The van der Waals surface area contributed by atoms with E-state index in [1.807, 2.05) is 0 Å². The first-order valence-electron chi connectivity index (χ1n) is 7.06. The van der Waals surface area contributed by atoms with Crippen LogP contribution in [0.5, 0.6) is 0 Å².